The maximum atomic E-state index is 13.1. The number of rotatable bonds is 4. The second kappa shape index (κ2) is 5.19. The molecule has 5 aliphatic rings. The monoisotopic (exact) mass is 360 g/mol. The van der Waals surface area contributed by atoms with E-state index in [-0.39, 0.29) is 0 Å². The van der Waals surface area contributed by atoms with Crippen molar-refractivity contribution < 1.29 is 4.79 Å². The van der Waals surface area contributed by atoms with Gasteiger partial charge in [-0.3, -0.25) is 4.79 Å². The fourth-order valence-electron chi connectivity index (χ4n) is 6.89. The first-order chi connectivity index (χ1) is 11.5. The number of thioether (sulfide) groups is 2. The molecule has 5 rings (SSSR count). The highest BCUT2D eigenvalue weighted by molar-refractivity contribution is 8.04. The van der Waals surface area contributed by atoms with Crippen LogP contribution in [-0.4, -0.2) is 23.0 Å². The van der Waals surface area contributed by atoms with Gasteiger partial charge in [-0.1, -0.05) is 32.1 Å². The Kier molecular flexibility index (Phi) is 3.47. The van der Waals surface area contributed by atoms with E-state index in [9.17, 15) is 4.79 Å². The van der Waals surface area contributed by atoms with Crippen molar-refractivity contribution >= 4 is 29.3 Å². The summed E-state index contributed by atoms with van der Waals surface area (Å²) >= 11 is 4.00. The number of hydrogen-bond donors (Lipinski definition) is 0. The zero-order valence-corrected chi connectivity index (χ0v) is 16.6. The first-order valence-corrected chi connectivity index (χ1v) is 11.9. The number of Topliss-reactive ketones (excluding diaryl/α,β-unsaturated/α-hetero) is 1. The van der Waals surface area contributed by atoms with Gasteiger partial charge in [0.25, 0.3) is 0 Å². The minimum atomic E-state index is 0.297. The lowest BCUT2D eigenvalue weighted by atomic mass is 9.70. The summed E-state index contributed by atoms with van der Waals surface area (Å²) in [5.41, 5.74) is 0.865. The van der Waals surface area contributed by atoms with Crippen molar-refractivity contribution in [2.75, 3.05) is 12.0 Å². The van der Waals surface area contributed by atoms with Gasteiger partial charge in [-0.15, -0.1) is 11.8 Å². The number of fused-ring (bicyclic) bond motifs is 7. The van der Waals surface area contributed by atoms with E-state index >= 15 is 0 Å². The van der Waals surface area contributed by atoms with Gasteiger partial charge in [-0.2, -0.15) is 11.8 Å². The molecular weight excluding hydrogens is 332 g/mol. The van der Waals surface area contributed by atoms with Crippen LogP contribution >= 0.6 is 23.5 Å². The van der Waals surface area contributed by atoms with Crippen LogP contribution in [-0.2, 0) is 4.79 Å². The van der Waals surface area contributed by atoms with Gasteiger partial charge in [0.15, 0.2) is 5.78 Å². The second-order valence-electron chi connectivity index (χ2n) is 9.34. The lowest BCUT2D eigenvalue weighted by Crippen LogP contribution is -2.39. The molecule has 0 aromatic rings. The third-order valence-corrected chi connectivity index (χ3v) is 10.8. The smallest absolute Gasteiger partial charge is 0.173 e. The largest absolute Gasteiger partial charge is 0.293 e. The van der Waals surface area contributed by atoms with Crippen LogP contribution in [0.15, 0.2) is 23.1 Å². The van der Waals surface area contributed by atoms with Gasteiger partial charge < -0.3 is 0 Å². The molecule has 4 bridgehead atoms. The molecule has 3 fully saturated rings. The van der Waals surface area contributed by atoms with E-state index in [1.165, 1.54) is 31.4 Å². The van der Waals surface area contributed by atoms with Crippen molar-refractivity contribution in [2.24, 2.45) is 40.4 Å². The molecule has 0 aromatic heterocycles. The summed E-state index contributed by atoms with van der Waals surface area (Å²) in [6.07, 6.45) is 14.7. The standard InChI is InChI=1S/C21H28OS2/c1-20(2)14-6-7-21(20,11-23-3)17(9-14)24-16-10-15-12-4-5-13(8-12)18(15)19(16)22/h4-5,10,12-15,17-18H,6-9,11H2,1-3H3/t12-,13+,14-,15+,17-,18-,21-/m1/s1. The van der Waals surface area contributed by atoms with Gasteiger partial charge >= 0.3 is 0 Å². The fourth-order valence-corrected chi connectivity index (χ4v) is 10.1. The Balaban J connectivity index is 1.41. The Bertz CT molecular complexity index is 648. The summed E-state index contributed by atoms with van der Waals surface area (Å²) in [5.74, 6) is 4.62. The average molecular weight is 361 g/mol. The van der Waals surface area contributed by atoms with Gasteiger partial charge in [0, 0.05) is 21.8 Å². The molecule has 3 saturated carbocycles. The molecule has 3 heteroatoms. The Hall–Kier alpha value is -0.150. The molecule has 0 heterocycles. The Morgan fingerprint density at radius 3 is 2.71 bits per heavy atom. The molecule has 0 radical (unpaired) electrons. The zero-order chi connectivity index (χ0) is 16.7. The fraction of sp³-hybridized carbons (Fsp3) is 0.762. The average Bonchev–Trinajstić information content (AvgIpc) is 3.29. The highest BCUT2D eigenvalue weighted by Gasteiger charge is 2.64. The van der Waals surface area contributed by atoms with E-state index < -0.39 is 0 Å². The third-order valence-electron chi connectivity index (χ3n) is 8.44. The second-order valence-corrected chi connectivity index (χ2v) is 11.4. The summed E-state index contributed by atoms with van der Waals surface area (Å²) < 4.78 is 0. The lowest BCUT2D eigenvalue weighted by Gasteiger charge is -2.42. The van der Waals surface area contributed by atoms with Crippen LogP contribution < -0.4 is 0 Å². The molecule has 7 atom stereocenters. The maximum absolute atomic E-state index is 13.1. The SMILES string of the molecule is CSC[C@]12CC[C@H](C[C@H]1SC1=C[C@@H]3[C@H](C1=O)[C@H]1C=C[C@@H]3C1)C2(C)C. The van der Waals surface area contributed by atoms with Crippen LogP contribution in [0.5, 0.6) is 0 Å². The summed E-state index contributed by atoms with van der Waals surface area (Å²) in [7, 11) is 0. The molecular formula is C21H28OS2. The van der Waals surface area contributed by atoms with Crippen molar-refractivity contribution in [2.45, 2.75) is 44.8 Å². The quantitative estimate of drug-likeness (QED) is 0.643. The van der Waals surface area contributed by atoms with Crippen molar-refractivity contribution in [3.8, 4) is 0 Å². The molecule has 0 aromatic carbocycles. The van der Waals surface area contributed by atoms with Gasteiger partial charge in [0.1, 0.15) is 0 Å². The predicted octanol–water partition coefficient (Wildman–Crippen LogP) is 5.18. The van der Waals surface area contributed by atoms with Crippen LogP contribution in [0.25, 0.3) is 0 Å². The number of allylic oxidation sites excluding steroid dienone is 4. The summed E-state index contributed by atoms with van der Waals surface area (Å²) in [6, 6.07) is 0. The molecule has 0 unspecified atom stereocenters. The Morgan fingerprint density at radius 1 is 1.21 bits per heavy atom. The molecule has 0 saturated heterocycles. The molecule has 0 aliphatic heterocycles. The highest BCUT2D eigenvalue weighted by atomic mass is 32.2. The summed E-state index contributed by atoms with van der Waals surface area (Å²) in [6.45, 7) is 5.01. The van der Waals surface area contributed by atoms with Crippen molar-refractivity contribution in [1.29, 1.82) is 0 Å². The first kappa shape index (κ1) is 16.1. The van der Waals surface area contributed by atoms with E-state index in [0.717, 1.165) is 10.8 Å². The predicted molar refractivity (Wildman–Crippen MR) is 104 cm³/mol. The van der Waals surface area contributed by atoms with Crippen LogP contribution in [0.1, 0.15) is 39.5 Å². The lowest BCUT2D eigenvalue weighted by molar-refractivity contribution is -0.119. The van der Waals surface area contributed by atoms with Crippen LogP contribution in [0, 0.1) is 40.4 Å². The van der Waals surface area contributed by atoms with Crippen LogP contribution in [0.2, 0.25) is 0 Å². The number of ketones is 1. The summed E-state index contributed by atoms with van der Waals surface area (Å²) in [4.78, 5) is 14.2. The Labute approximate surface area is 154 Å². The highest BCUT2D eigenvalue weighted by Crippen LogP contribution is 2.70. The molecule has 5 aliphatic carbocycles. The minimum Gasteiger partial charge on any atom is -0.293 e. The molecule has 0 spiro atoms. The van der Waals surface area contributed by atoms with Gasteiger partial charge in [-0.05, 0) is 66.4 Å². The Morgan fingerprint density at radius 2 is 2.00 bits per heavy atom. The van der Waals surface area contributed by atoms with Crippen LogP contribution in [0.4, 0.5) is 0 Å². The molecule has 24 heavy (non-hydrogen) atoms. The van der Waals surface area contributed by atoms with Crippen molar-refractivity contribution in [3.63, 3.8) is 0 Å². The van der Waals surface area contributed by atoms with Gasteiger partial charge in [0.2, 0.25) is 0 Å². The van der Waals surface area contributed by atoms with E-state index in [4.69, 9.17) is 0 Å². The van der Waals surface area contributed by atoms with Crippen LogP contribution in [0.3, 0.4) is 0 Å². The van der Waals surface area contributed by atoms with Gasteiger partial charge in [-0.25, -0.2) is 0 Å². The molecule has 0 N–H and O–H groups in total. The van der Waals surface area contributed by atoms with E-state index in [0.29, 0.717) is 45.5 Å². The zero-order valence-electron chi connectivity index (χ0n) is 15.0. The summed E-state index contributed by atoms with van der Waals surface area (Å²) in [5, 5.41) is 0.651. The van der Waals surface area contributed by atoms with E-state index in [2.05, 4.69) is 38.3 Å². The third kappa shape index (κ3) is 1.84. The normalized spacial score (nSPS) is 50.0. The van der Waals surface area contributed by atoms with Crippen molar-refractivity contribution in [3.05, 3.63) is 23.1 Å². The van der Waals surface area contributed by atoms with Gasteiger partial charge in [0.05, 0.1) is 0 Å². The molecule has 1 nitrogen and oxygen atoms in total. The molecule has 0 amide bonds. The number of hydrogen-bond acceptors (Lipinski definition) is 3. The number of carbonyl (C=O) groups excluding carboxylic acids is 1. The molecule has 130 valence electrons. The number of carbonyl (C=O) groups is 1. The first-order valence-electron chi connectivity index (χ1n) is 9.58. The van der Waals surface area contributed by atoms with E-state index in [1.807, 2.05) is 23.5 Å². The maximum Gasteiger partial charge on any atom is 0.173 e. The van der Waals surface area contributed by atoms with E-state index in [1.54, 1.807) is 0 Å². The topological polar surface area (TPSA) is 17.1 Å². The minimum absolute atomic E-state index is 0.297. The van der Waals surface area contributed by atoms with Crippen molar-refractivity contribution in [1.82, 2.24) is 0 Å².